The number of aromatic nitrogens is 6. The third kappa shape index (κ3) is 4.30. The van der Waals surface area contributed by atoms with Gasteiger partial charge < -0.3 is 15.4 Å². The predicted octanol–water partition coefficient (Wildman–Crippen LogP) is 5.90. The van der Waals surface area contributed by atoms with Crippen LogP contribution in [0.15, 0.2) is 73.3 Å². The van der Waals surface area contributed by atoms with E-state index in [1.165, 1.54) is 6.07 Å². The largest absolute Gasteiger partial charge is 0.374 e. The highest BCUT2D eigenvalue weighted by atomic mass is 19.1. The van der Waals surface area contributed by atoms with Crippen molar-refractivity contribution in [2.75, 3.05) is 5.32 Å². The average Bonchev–Trinajstić information content (AvgIpc) is 3.53. The first-order valence-corrected chi connectivity index (χ1v) is 12.1. The summed E-state index contributed by atoms with van der Waals surface area (Å²) in [5.74, 6) is -0.322. The second-order valence-corrected chi connectivity index (χ2v) is 8.89. The Balaban J connectivity index is 1.41. The van der Waals surface area contributed by atoms with Gasteiger partial charge in [0.2, 0.25) is 0 Å². The molecular weight excluding hydrogens is 469 g/mol. The van der Waals surface area contributed by atoms with Crippen molar-refractivity contribution in [2.24, 2.45) is 0 Å². The number of aromatic amines is 2. The predicted molar refractivity (Wildman–Crippen MR) is 142 cm³/mol. The molecule has 5 aromatic heterocycles. The van der Waals surface area contributed by atoms with Crippen molar-refractivity contribution >= 4 is 27.6 Å². The molecule has 1 aromatic carbocycles. The molecule has 184 valence electrons. The molecule has 0 bridgehead atoms. The Labute approximate surface area is 211 Å². The van der Waals surface area contributed by atoms with Crippen LogP contribution in [-0.2, 0) is 0 Å². The molecule has 8 nitrogen and oxygen atoms in total. The van der Waals surface area contributed by atoms with Crippen molar-refractivity contribution in [3.05, 3.63) is 79.1 Å². The van der Waals surface area contributed by atoms with Crippen LogP contribution in [-0.4, -0.2) is 41.5 Å². The maximum atomic E-state index is 14.5. The first kappa shape index (κ1) is 22.8. The van der Waals surface area contributed by atoms with Gasteiger partial charge in [0.25, 0.3) is 0 Å². The van der Waals surface area contributed by atoms with Gasteiger partial charge in [-0.2, -0.15) is 5.10 Å². The number of aliphatic hydroxyl groups is 1. The van der Waals surface area contributed by atoms with E-state index in [4.69, 9.17) is 0 Å². The summed E-state index contributed by atoms with van der Waals surface area (Å²) in [6.45, 7) is 2.02. The monoisotopic (exact) mass is 493 g/mol. The van der Waals surface area contributed by atoms with E-state index < -0.39 is 6.23 Å². The molecule has 0 aliphatic rings. The lowest BCUT2D eigenvalue weighted by Crippen LogP contribution is -2.18. The van der Waals surface area contributed by atoms with Gasteiger partial charge in [-0.3, -0.25) is 15.1 Å². The maximum absolute atomic E-state index is 14.5. The lowest BCUT2D eigenvalue weighted by atomic mass is 10.1. The fourth-order valence-corrected chi connectivity index (χ4v) is 4.53. The average molecular weight is 494 g/mol. The summed E-state index contributed by atoms with van der Waals surface area (Å²) < 4.78 is 14.5. The van der Waals surface area contributed by atoms with Gasteiger partial charge in [-0.25, -0.2) is 9.37 Å². The maximum Gasteiger partial charge on any atom is 0.155 e. The summed E-state index contributed by atoms with van der Waals surface area (Å²) >= 11 is 0. The minimum Gasteiger partial charge on any atom is -0.374 e. The smallest absolute Gasteiger partial charge is 0.155 e. The van der Waals surface area contributed by atoms with Gasteiger partial charge in [0.1, 0.15) is 17.7 Å². The van der Waals surface area contributed by atoms with Crippen LogP contribution in [0.4, 0.5) is 10.1 Å². The topological polar surface area (TPSA) is 115 Å². The highest BCUT2D eigenvalue weighted by Crippen LogP contribution is 2.34. The molecule has 0 aliphatic carbocycles. The fraction of sp³-hybridized carbons (Fsp3) is 0.143. The summed E-state index contributed by atoms with van der Waals surface area (Å²) in [5, 5.41) is 22.3. The molecule has 9 heteroatoms. The molecule has 1 atom stereocenters. The van der Waals surface area contributed by atoms with Crippen molar-refractivity contribution < 1.29 is 9.50 Å². The van der Waals surface area contributed by atoms with Crippen LogP contribution in [0.1, 0.15) is 19.8 Å². The number of benzene rings is 1. The van der Waals surface area contributed by atoms with Crippen molar-refractivity contribution in [3.63, 3.8) is 0 Å². The van der Waals surface area contributed by atoms with Gasteiger partial charge in [-0.15, -0.1) is 0 Å². The summed E-state index contributed by atoms with van der Waals surface area (Å²) in [7, 11) is 0. The standard InChI is InChI=1S/C28H24FN7O/c1-2-5-25(37)33-18-10-16(13-30-15-18)17-11-21-27(35-36-28(21)32-14-17)24-12-20-23(34-24)8-9-31-26(20)19-6-3-4-7-22(19)29/h3-4,6-15,25,33-34,37H,2,5H2,1H3,(H,32,35,36). The van der Waals surface area contributed by atoms with Crippen LogP contribution in [0.25, 0.3) is 55.7 Å². The van der Waals surface area contributed by atoms with Crippen LogP contribution < -0.4 is 5.32 Å². The number of hydrogen-bond acceptors (Lipinski definition) is 6. The molecule has 0 spiro atoms. The second kappa shape index (κ2) is 9.44. The molecule has 1 unspecified atom stereocenters. The Morgan fingerprint density at radius 3 is 2.70 bits per heavy atom. The van der Waals surface area contributed by atoms with Gasteiger partial charge in [0.05, 0.1) is 23.3 Å². The van der Waals surface area contributed by atoms with E-state index in [-0.39, 0.29) is 5.82 Å². The lowest BCUT2D eigenvalue weighted by Gasteiger charge is -2.13. The number of anilines is 1. The number of nitrogens with zero attached hydrogens (tertiary/aromatic N) is 4. The first-order valence-electron chi connectivity index (χ1n) is 12.1. The van der Waals surface area contributed by atoms with E-state index in [2.05, 4.69) is 35.5 Å². The Bertz CT molecular complexity index is 1720. The molecule has 5 heterocycles. The molecule has 0 aliphatic heterocycles. The third-order valence-electron chi connectivity index (χ3n) is 6.32. The van der Waals surface area contributed by atoms with E-state index in [9.17, 15) is 9.50 Å². The number of hydrogen-bond donors (Lipinski definition) is 4. The van der Waals surface area contributed by atoms with Crippen molar-refractivity contribution in [1.82, 2.24) is 30.1 Å². The molecule has 6 rings (SSSR count). The van der Waals surface area contributed by atoms with E-state index >= 15 is 0 Å². The van der Waals surface area contributed by atoms with E-state index in [0.29, 0.717) is 29.0 Å². The quantitative estimate of drug-likeness (QED) is 0.206. The Hall–Kier alpha value is -4.63. The number of fused-ring (bicyclic) bond motifs is 2. The normalized spacial score (nSPS) is 12.3. The number of nitrogens with one attached hydrogen (secondary N) is 3. The fourth-order valence-electron chi connectivity index (χ4n) is 4.53. The van der Waals surface area contributed by atoms with Crippen LogP contribution in [0.5, 0.6) is 0 Å². The molecule has 6 aromatic rings. The van der Waals surface area contributed by atoms with Crippen molar-refractivity contribution in [2.45, 2.75) is 26.0 Å². The molecule has 37 heavy (non-hydrogen) atoms. The number of aliphatic hydroxyl groups excluding tert-OH is 1. The molecular formula is C28H24FN7O. The summed E-state index contributed by atoms with van der Waals surface area (Å²) in [6, 6.07) is 14.4. The van der Waals surface area contributed by atoms with E-state index in [0.717, 1.165) is 45.2 Å². The highest BCUT2D eigenvalue weighted by Gasteiger charge is 2.17. The van der Waals surface area contributed by atoms with Crippen molar-refractivity contribution in [1.29, 1.82) is 0 Å². The Morgan fingerprint density at radius 2 is 1.84 bits per heavy atom. The minimum atomic E-state index is -0.631. The van der Waals surface area contributed by atoms with Crippen molar-refractivity contribution in [3.8, 4) is 33.8 Å². The summed E-state index contributed by atoms with van der Waals surface area (Å²) in [5.41, 5.74) is 6.40. The molecule has 0 saturated carbocycles. The summed E-state index contributed by atoms with van der Waals surface area (Å²) in [4.78, 5) is 16.7. The third-order valence-corrected chi connectivity index (χ3v) is 6.32. The van der Waals surface area contributed by atoms with Gasteiger partial charge >= 0.3 is 0 Å². The zero-order valence-corrected chi connectivity index (χ0v) is 20.0. The molecule has 0 amide bonds. The van der Waals surface area contributed by atoms with Gasteiger partial charge in [0.15, 0.2) is 5.65 Å². The molecule has 0 fully saturated rings. The number of H-pyrrole nitrogens is 2. The second-order valence-electron chi connectivity index (χ2n) is 8.89. The number of halogens is 1. The van der Waals surface area contributed by atoms with Crippen LogP contribution in [0.2, 0.25) is 0 Å². The lowest BCUT2D eigenvalue weighted by molar-refractivity contribution is 0.192. The summed E-state index contributed by atoms with van der Waals surface area (Å²) in [6.07, 6.45) is 7.76. The van der Waals surface area contributed by atoms with Gasteiger partial charge in [-0.05, 0) is 42.8 Å². The van der Waals surface area contributed by atoms with Gasteiger partial charge in [0, 0.05) is 51.6 Å². The van der Waals surface area contributed by atoms with E-state index in [1.807, 2.05) is 31.2 Å². The first-order chi connectivity index (χ1) is 18.1. The molecule has 4 N–H and O–H groups in total. The molecule has 0 saturated heterocycles. The molecule has 0 radical (unpaired) electrons. The zero-order valence-electron chi connectivity index (χ0n) is 20.0. The zero-order chi connectivity index (χ0) is 25.4. The minimum absolute atomic E-state index is 0.322. The highest BCUT2D eigenvalue weighted by molar-refractivity contribution is 6.00. The number of pyridine rings is 3. The van der Waals surface area contributed by atoms with Crippen LogP contribution >= 0.6 is 0 Å². The number of rotatable bonds is 7. The van der Waals surface area contributed by atoms with Gasteiger partial charge in [-0.1, -0.05) is 25.5 Å². The van der Waals surface area contributed by atoms with E-state index in [1.54, 1.807) is 43.0 Å². The SMILES string of the molecule is CCCC(O)Nc1cncc(-c2cnc3[nH]nc(-c4cc5c(-c6ccccc6F)nccc5[nH]4)c3c2)c1. The van der Waals surface area contributed by atoms with Crippen LogP contribution in [0, 0.1) is 5.82 Å². The Morgan fingerprint density at radius 1 is 0.973 bits per heavy atom. The van der Waals surface area contributed by atoms with Crippen LogP contribution in [0.3, 0.4) is 0 Å². The Kier molecular flexibility index (Phi) is 5.82.